The van der Waals surface area contributed by atoms with E-state index in [1.807, 2.05) is 24.3 Å². The first-order valence-electron chi connectivity index (χ1n) is 25.8. The molecule has 0 saturated heterocycles. The second-order valence-electron chi connectivity index (χ2n) is 19.8. The fourth-order valence-corrected chi connectivity index (χ4v) is 12.6. The van der Waals surface area contributed by atoms with Crippen LogP contribution in [0.1, 0.15) is 22.3 Å². The third-order valence-electron chi connectivity index (χ3n) is 15.8. The van der Waals surface area contributed by atoms with E-state index in [0.29, 0.717) is 17.5 Å². The van der Waals surface area contributed by atoms with Gasteiger partial charge in [-0.1, -0.05) is 206 Å². The summed E-state index contributed by atoms with van der Waals surface area (Å²) in [5.41, 5.74) is 18.1. The molecule has 11 aromatic carbocycles. The summed E-state index contributed by atoms with van der Waals surface area (Å²) < 4.78 is 11.6. The van der Waals surface area contributed by atoms with Crippen molar-refractivity contribution in [3.63, 3.8) is 0 Å². The van der Waals surface area contributed by atoms with Crippen molar-refractivity contribution in [1.29, 1.82) is 0 Å². The molecule has 2 aliphatic rings. The Morgan fingerprint density at radius 3 is 1.58 bits per heavy atom. The van der Waals surface area contributed by atoms with Crippen molar-refractivity contribution in [3.8, 4) is 79.3 Å². The zero-order valence-corrected chi connectivity index (χ0v) is 41.0. The molecule has 0 amide bonds. The smallest absolute Gasteiger partial charge is 0.164 e. The summed E-state index contributed by atoms with van der Waals surface area (Å²) in [5, 5.41) is 4.63. The van der Waals surface area contributed by atoms with Gasteiger partial charge in [-0.05, 0) is 88.0 Å². The number of aromatic nitrogens is 5. The van der Waals surface area contributed by atoms with Crippen molar-refractivity contribution in [2.75, 3.05) is 0 Å². The predicted molar refractivity (Wildman–Crippen MR) is 308 cm³/mol. The second-order valence-corrected chi connectivity index (χ2v) is 19.8. The summed E-state index contributed by atoms with van der Waals surface area (Å²) >= 11 is 0. The van der Waals surface area contributed by atoms with E-state index in [1.165, 1.54) is 32.9 Å². The Morgan fingerprint density at radius 1 is 0.316 bits per heavy atom. The van der Waals surface area contributed by atoms with Crippen LogP contribution in [-0.2, 0) is 5.41 Å². The lowest BCUT2D eigenvalue weighted by molar-refractivity contribution is 0.434. The van der Waals surface area contributed by atoms with Gasteiger partial charge in [0.05, 0.1) is 33.2 Å². The maximum Gasteiger partial charge on any atom is 0.164 e. The van der Waals surface area contributed by atoms with Crippen molar-refractivity contribution >= 4 is 43.6 Å². The summed E-state index contributed by atoms with van der Waals surface area (Å²) in [6.45, 7) is 0. The molecule has 5 heterocycles. The van der Waals surface area contributed by atoms with Crippen LogP contribution in [0.3, 0.4) is 0 Å². The molecule has 0 fully saturated rings. The third-order valence-corrected chi connectivity index (χ3v) is 15.8. The van der Waals surface area contributed by atoms with Crippen LogP contribution in [0.15, 0.2) is 261 Å². The Kier molecular flexibility index (Phi) is 9.15. The summed E-state index contributed by atoms with van der Waals surface area (Å²) in [6.07, 6.45) is 0. The third kappa shape index (κ3) is 6.12. The minimum absolute atomic E-state index is 0.609. The van der Waals surface area contributed by atoms with E-state index in [2.05, 4.69) is 246 Å². The van der Waals surface area contributed by atoms with Gasteiger partial charge in [-0.25, -0.2) is 15.0 Å². The second kappa shape index (κ2) is 16.4. The average molecular weight is 970 g/mol. The molecular formula is C70H43N5O. The Labute approximate surface area is 438 Å². The normalized spacial score (nSPS) is 12.9. The molecule has 6 nitrogen and oxygen atoms in total. The number of hydrogen-bond donors (Lipinski definition) is 0. The van der Waals surface area contributed by atoms with E-state index >= 15 is 0 Å². The number of fused-ring (bicyclic) bond motifs is 14. The topological polar surface area (TPSA) is 57.8 Å². The molecule has 3 aromatic heterocycles. The number of ether oxygens (including phenoxy) is 1. The molecular weight excluding hydrogens is 927 g/mol. The lowest BCUT2D eigenvalue weighted by atomic mass is 9.61. The number of para-hydroxylation sites is 5. The number of hydrogen-bond acceptors (Lipinski definition) is 4. The highest BCUT2D eigenvalue weighted by Gasteiger charge is 2.50. The fraction of sp³-hybridized carbons (Fsp3) is 0.0143. The Morgan fingerprint density at radius 2 is 0.829 bits per heavy atom. The van der Waals surface area contributed by atoms with Gasteiger partial charge in [-0.3, -0.25) is 0 Å². The monoisotopic (exact) mass is 969 g/mol. The van der Waals surface area contributed by atoms with Crippen molar-refractivity contribution in [2.24, 2.45) is 0 Å². The SMILES string of the molecule is c1ccc(-c2ccc(-c3nc(-c4ccccc4)nc(-c4cccc5c4c4cc(-c6ccc7c(c6)-n6c8ccccc8c8cccc(c86)C76c7ccccc7Oc7ccccc76)ccc4n5-c4ccccc4)n3)cc2)cc1. The molecule has 2 aliphatic heterocycles. The van der Waals surface area contributed by atoms with Gasteiger partial charge in [0.25, 0.3) is 0 Å². The van der Waals surface area contributed by atoms with E-state index in [1.54, 1.807) is 0 Å². The molecule has 0 bridgehead atoms. The Balaban J connectivity index is 0.940. The largest absolute Gasteiger partial charge is 0.457 e. The van der Waals surface area contributed by atoms with Crippen molar-refractivity contribution < 1.29 is 4.74 Å². The highest BCUT2D eigenvalue weighted by molar-refractivity contribution is 6.17. The minimum Gasteiger partial charge on any atom is -0.457 e. The van der Waals surface area contributed by atoms with E-state index in [0.717, 1.165) is 94.8 Å². The molecule has 0 unspecified atom stereocenters. The first-order chi connectivity index (χ1) is 37.7. The average Bonchev–Trinajstić information content (AvgIpc) is 4.04. The molecule has 354 valence electrons. The van der Waals surface area contributed by atoms with Crippen LogP contribution in [-0.4, -0.2) is 24.1 Å². The molecule has 0 aliphatic carbocycles. The quantitative estimate of drug-likeness (QED) is 0.167. The van der Waals surface area contributed by atoms with E-state index in [4.69, 9.17) is 19.7 Å². The van der Waals surface area contributed by atoms with Crippen LogP contribution in [0.5, 0.6) is 11.5 Å². The van der Waals surface area contributed by atoms with Crippen LogP contribution < -0.4 is 4.74 Å². The molecule has 0 atom stereocenters. The van der Waals surface area contributed by atoms with Crippen LogP contribution in [0.4, 0.5) is 0 Å². The maximum absolute atomic E-state index is 6.76. The van der Waals surface area contributed by atoms with Gasteiger partial charge in [0.1, 0.15) is 11.5 Å². The van der Waals surface area contributed by atoms with Crippen molar-refractivity contribution in [3.05, 3.63) is 283 Å². The van der Waals surface area contributed by atoms with Crippen LogP contribution in [0, 0.1) is 0 Å². The molecule has 76 heavy (non-hydrogen) atoms. The van der Waals surface area contributed by atoms with Crippen LogP contribution >= 0.6 is 0 Å². The standard InChI is InChI=1S/C70H43N5O/c1-4-18-44(19-5-1)45-34-36-47(37-35-45)68-71-67(46-20-6-2-7-21-46)72-69(73-68)53-26-17-31-61-65(53)54-42-48(39-41-60(54)74(61)50-22-8-3-9-23-50)49-38-40-55-62(43-49)75-59-30-13-10-24-51(59)52-25-16-29-58(66(52)75)70(55)56-27-11-14-32-63(56)76-64-33-15-12-28-57(64)70/h1-43H. The molecule has 0 radical (unpaired) electrons. The molecule has 14 aromatic rings. The first kappa shape index (κ1) is 42.3. The number of rotatable bonds is 6. The number of benzene rings is 11. The maximum atomic E-state index is 6.76. The zero-order valence-electron chi connectivity index (χ0n) is 41.0. The van der Waals surface area contributed by atoms with Crippen LogP contribution in [0.2, 0.25) is 0 Å². The summed E-state index contributed by atoms with van der Waals surface area (Å²) in [6, 6.07) is 93.3. The van der Waals surface area contributed by atoms with Crippen molar-refractivity contribution in [2.45, 2.75) is 5.41 Å². The van der Waals surface area contributed by atoms with Gasteiger partial charge in [-0.15, -0.1) is 0 Å². The minimum atomic E-state index is -0.656. The Bertz CT molecular complexity index is 4610. The van der Waals surface area contributed by atoms with Gasteiger partial charge < -0.3 is 13.9 Å². The summed E-state index contributed by atoms with van der Waals surface area (Å²) in [5.74, 6) is 3.58. The van der Waals surface area contributed by atoms with Gasteiger partial charge in [0.15, 0.2) is 17.5 Å². The first-order valence-corrected chi connectivity index (χ1v) is 25.8. The van der Waals surface area contributed by atoms with E-state index in [9.17, 15) is 0 Å². The highest BCUT2D eigenvalue weighted by atomic mass is 16.5. The predicted octanol–water partition coefficient (Wildman–Crippen LogP) is 17.2. The molecule has 6 heteroatoms. The van der Waals surface area contributed by atoms with E-state index < -0.39 is 5.41 Å². The molecule has 16 rings (SSSR count). The van der Waals surface area contributed by atoms with Gasteiger partial charge in [-0.2, -0.15) is 0 Å². The van der Waals surface area contributed by atoms with Crippen molar-refractivity contribution in [1.82, 2.24) is 24.1 Å². The molecule has 0 saturated carbocycles. The van der Waals surface area contributed by atoms with Gasteiger partial charge >= 0.3 is 0 Å². The fourth-order valence-electron chi connectivity index (χ4n) is 12.6. The zero-order chi connectivity index (χ0) is 49.9. The van der Waals surface area contributed by atoms with Gasteiger partial charge in [0, 0.05) is 55.0 Å². The lowest BCUT2D eigenvalue weighted by Crippen LogP contribution is -2.37. The summed E-state index contributed by atoms with van der Waals surface area (Å²) in [4.78, 5) is 15.8. The summed E-state index contributed by atoms with van der Waals surface area (Å²) in [7, 11) is 0. The molecule has 1 spiro atoms. The lowest BCUT2D eigenvalue weighted by Gasteiger charge is -2.45. The van der Waals surface area contributed by atoms with E-state index in [-0.39, 0.29) is 0 Å². The molecule has 0 N–H and O–H groups in total. The van der Waals surface area contributed by atoms with Crippen LogP contribution in [0.25, 0.3) is 111 Å². The highest BCUT2D eigenvalue weighted by Crippen LogP contribution is 2.60. The Hall–Kier alpha value is -10.2. The number of nitrogens with zero attached hydrogens (tertiary/aromatic N) is 5. The van der Waals surface area contributed by atoms with Gasteiger partial charge in [0.2, 0.25) is 0 Å².